The Labute approximate surface area is 103 Å². The summed E-state index contributed by atoms with van der Waals surface area (Å²) < 4.78 is 5.04. The zero-order valence-electron chi connectivity index (χ0n) is 11.1. The minimum absolute atomic E-state index is 0.0983. The molecule has 0 aliphatic rings. The van der Waals surface area contributed by atoms with Crippen molar-refractivity contribution in [1.29, 1.82) is 0 Å². The van der Waals surface area contributed by atoms with Crippen molar-refractivity contribution in [2.75, 3.05) is 26.2 Å². The minimum Gasteiger partial charge on any atom is -0.465 e. The Morgan fingerprint density at radius 2 is 1.94 bits per heavy atom. The maximum absolute atomic E-state index is 11.5. The standard InChI is InChI=1S/C12H24N2O3/c1-4-5-6-17-12(16)9-14(7-10(2)3)8-11(13)15/h10H,4-9H2,1-3H3,(H2,13,15). The molecule has 5 heteroatoms. The van der Waals surface area contributed by atoms with E-state index in [1.165, 1.54) is 0 Å². The quantitative estimate of drug-likeness (QED) is 0.480. The van der Waals surface area contributed by atoms with Gasteiger partial charge in [-0.25, -0.2) is 0 Å². The van der Waals surface area contributed by atoms with Gasteiger partial charge in [0.25, 0.3) is 0 Å². The van der Waals surface area contributed by atoms with Gasteiger partial charge in [0.2, 0.25) is 5.91 Å². The number of unbranched alkanes of at least 4 members (excludes halogenated alkanes) is 1. The van der Waals surface area contributed by atoms with Crippen molar-refractivity contribution in [1.82, 2.24) is 4.90 Å². The molecule has 0 aliphatic heterocycles. The number of primary amides is 1. The summed E-state index contributed by atoms with van der Waals surface area (Å²) in [6, 6.07) is 0. The Morgan fingerprint density at radius 1 is 1.29 bits per heavy atom. The summed E-state index contributed by atoms with van der Waals surface area (Å²) in [5.74, 6) is -0.342. The lowest BCUT2D eigenvalue weighted by Gasteiger charge is -2.21. The molecule has 0 aromatic carbocycles. The molecule has 0 rings (SSSR count). The van der Waals surface area contributed by atoms with Crippen molar-refractivity contribution in [3.63, 3.8) is 0 Å². The molecule has 0 saturated carbocycles. The minimum atomic E-state index is -0.424. The number of nitrogens with two attached hydrogens (primary N) is 1. The zero-order valence-corrected chi connectivity index (χ0v) is 11.1. The molecule has 0 atom stereocenters. The van der Waals surface area contributed by atoms with Crippen LogP contribution in [-0.2, 0) is 14.3 Å². The van der Waals surface area contributed by atoms with E-state index in [2.05, 4.69) is 0 Å². The predicted molar refractivity (Wildman–Crippen MR) is 66.3 cm³/mol. The van der Waals surface area contributed by atoms with Crippen LogP contribution >= 0.6 is 0 Å². The smallest absolute Gasteiger partial charge is 0.320 e. The molecule has 100 valence electrons. The number of carbonyl (C=O) groups excluding carboxylic acids is 2. The highest BCUT2D eigenvalue weighted by atomic mass is 16.5. The molecule has 0 fully saturated rings. The SMILES string of the molecule is CCCCOC(=O)CN(CC(N)=O)CC(C)C. The van der Waals surface area contributed by atoms with E-state index in [-0.39, 0.29) is 19.1 Å². The summed E-state index contributed by atoms with van der Waals surface area (Å²) in [5.41, 5.74) is 5.13. The fourth-order valence-electron chi connectivity index (χ4n) is 1.48. The van der Waals surface area contributed by atoms with Gasteiger partial charge < -0.3 is 10.5 Å². The molecule has 0 spiro atoms. The number of hydrogen-bond donors (Lipinski definition) is 1. The van der Waals surface area contributed by atoms with E-state index < -0.39 is 5.91 Å². The summed E-state index contributed by atoms with van der Waals surface area (Å²) >= 11 is 0. The fraction of sp³-hybridized carbons (Fsp3) is 0.833. The molecule has 0 radical (unpaired) electrons. The van der Waals surface area contributed by atoms with Gasteiger partial charge in [0.05, 0.1) is 19.7 Å². The van der Waals surface area contributed by atoms with Crippen molar-refractivity contribution in [3.05, 3.63) is 0 Å². The van der Waals surface area contributed by atoms with E-state index in [4.69, 9.17) is 10.5 Å². The molecule has 0 aromatic heterocycles. The lowest BCUT2D eigenvalue weighted by Crippen LogP contribution is -2.40. The second kappa shape index (κ2) is 8.98. The lowest BCUT2D eigenvalue weighted by molar-refractivity contribution is -0.145. The first-order valence-electron chi connectivity index (χ1n) is 6.12. The maximum Gasteiger partial charge on any atom is 0.320 e. The van der Waals surface area contributed by atoms with E-state index in [1.54, 1.807) is 4.90 Å². The van der Waals surface area contributed by atoms with E-state index >= 15 is 0 Å². The number of ether oxygens (including phenoxy) is 1. The Morgan fingerprint density at radius 3 is 2.41 bits per heavy atom. The fourth-order valence-corrected chi connectivity index (χ4v) is 1.48. The Kier molecular flexibility index (Phi) is 8.40. The van der Waals surface area contributed by atoms with E-state index in [1.807, 2.05) is 20.8 Å². The van der Waals surface area contributed by atoms with Crippen LogP contribution in [0.4, 0.5) is 0 Å². The van der Waals surface area contributed by atoms with Crippen molar-refractivity contribution >= 4 is 11.9 Å². The average Bonchev–Trinajstić information content (AvgIpc) is 2.15. The van der Waals surface area contributed by atoms with Gasteiger partial charge >= 0.3 is 5.97 Å². The summed E-state index contributed by atoms with van der Waals surface area (Å²) in [4.78, 5) is 24.1. The first-order chi connectivity index (χ1) is 7.95. The van der Waals surface area contributed by atoms with E-state index in [0.29, 0.717) is 19.1 Å². The summed E-state index contributed by atoms with van der Waals surface area (Å²) in [6.07, 6.45) is 1.86. The highest BCUT2D eigenvalue weighted by Gasteiger charge is 2.15. The maximum atomic E-state index is 11.5. The van der Waals surface area contributed by atoms with Crippen molar-refractivity contribution < 1.29 is 14.3 Å². The first-order valence-corrected chi connectivity index (χ1v) is 6.12. The normalized spacial score (nSPS) is 10.9. The molecule has 0 saturated heterocycles. The third-order valence-corrected chi connectivity index (χ3v) is 2.12. The molecule has 5 nitrogen and oxygen atoms in total. The first kappa shape index (κ1) is 15.9. The van der Waals surface area contributed by atoms with Gasteiger partial charge in [0.1, 0.15) is 0 Å². The number of rotatable bonds is 9. The Hall–Kier alpha value is -1.10. The monoisotopic (exact) mass is 244 g/mol. The Bertz CT molecular complexity index is 242. The molecule has 0 aliphatic carbocycles. The van der Waals surface area contributed by atoms with Gasteiger partial charge in [0.15, 0.2) is 0 Å². The molecule has 0 bridgehead atoms. The number of nitrogens with zero attached hydrogens (tertiary/aromatic N) is 1. The van der Waals surface area contributed by atoms with Crippen LogP contribution < -0.4 is 5.73 Å². The second-order valence-corrected chi connectivity index (χ2v) is 4.60. The van der Waals surface area contributed by atoms with Crippen molar-refractivity contribution in [3.8, 4) is 0 Å². The van der Waals surface area contributed by atoms with Crippen LogP contribution in [0.3, 0.4) is 0 Å². The van der Waals surface area contributed by atoms with Crippen LogP contribution in [0.1, 0.15) is 33.6 Å². The second-order valence-electron chi connectivity index (χ2n) is 4.60. The summed E-state index contributed by atoms with van der Waals surface area (Å²) in [5, 5.41) is 0. The van der Waals surface area contributed by atoms with E-state index in [0.717, 1.165) is 12.8 Å². The zero-order chi connectivity index (χ0) is 13.3. The molecule has 17 heavy (non-hydrogen) atoms. The highest BCUT2D eigenvalue weighted by molar-refractivity contribution is 5.77. The van der Waals surface area contributed by atoms with Crippen molar-refractivity contribution in [2.45, 2.75) is 33.6 Å². The van der Waals surface area contributed by atoms with Gasteiger partial charge in [-0.1, -0.05) is 27.2 Å². The number of hydrogen-bond acceptors (Lipinski definition) is 4. The number of carbonyl (C=O) groups is 2. The molecule has 0 aromatic rings. The molecule has 0 heterocycles. The summed E-state index contributed by atoms with van der Waals surface area (Å²) in [6.45, 7) is 7.41. The van der Waals surface area contributed by atoms with Gasteiger partial charge in [-0.15, -0.1) is 0 Å². The van der Waals surface area contributed by atoms with Gasteiger partial charge in [0, 0.05) is 6.54 Å². The number of amides is 1. The largest absolute Gasteiger partial charge is 0.465 e. The van der Waals surface area contributed by atoms with Crippen molar-refractivity contribution in [2.24, 2.45) is 11.7 Å². The van der Waals surface area contributed by atoms with Crippen LogP contribution in [0.25, 0.3) is 0 Å². The topological polar surface area (TPSA) is 72.6 Å². The lowest BCUT2D eigenvalue weighted by atomic mass is 10.2. The average molecular weight is 244 g/mol. The predicted octanol–water partition coefficient (Wildman–Crippen LogP) is 0.773. The highest BCUT2D eigenvalue weighted by Crippen LogP contribution is 1.99. The molecule has 0 unspecified atom stereocenters. The van der Waals surface area contributed by atoms with Gasteiger partial charge in [-0.2, -0.15) is 0 Å². The summed E-state index contributed by atoms with van der Waals surface area (Å²) in [7, 11) is 0. The van der Waals surface area contributed by atoms with Gasteiger partial charge in [-0.3, -0.25) is 14.5 Å². The molecule has 2 N–H and O–H groups in total. The molecular formula is C12H24N2O3. The van der Waals surface area contributed by atoms with E-state index in [9.17, 15) is 9.59 Å². The van der Waals surface area contributed by atoms with Crippen LogP contribution in [0.5, 0.6) is 0 Å². The van der Waals surface area contributed by atoms with Crippen LogP contribution in [0, 0.1) is 5.92 Å². The van der Waals surface area contributed by atoms with Gasteiger partial charge in [-0.05, 0) is 12.3 Å². The Balaban J connectivity index is 4.03. The number of esters is 1. The third-order valence-electron chi connectivity index (χ3n) is 2.12. The van der Waals surface area contributed by atoms with Crippen LogP contribution in [0.2, 0.25) is 0 Å². The third kappa shape index (κ3) is 9.81. The molecular weight excluding hydrogens is 220 g/mol. The molecule has 1 amide bonds. The van der Waals surface area contributed by atoms with Crippen LogP contribution in [-0.4, -0.2) is 43.0 Å². The van der Waals surface area contributed by atoms with Crippen LogP contribution in [0.15, 0.2) is 0 Å².